The maximum absolute atomic E-state index is 6.03. The number of hydrogen-bond acceptors (Lipinski definition) is 5. The fourth-order valence-corrected chi connectivity index (χ4v) is 4.81. The van der Waals surface area contributed by atoms with Crippen molar-refractivity contribution in [2.45, 2.75) is 50.6 Å². The number of nitrogens with one attached hydrogen (secondary N) is 1. The first-order valence-electron chi connectivity index (χ1n) is 11.8. The van der Waals surface area contributed by atoms with Crippen molar-refractivity contribution in [1.82, 2.24) is 9.80 Å². The standard InChI is InChI=1S/C26H37N3O2/c1-28-15-5-9-23(28)13-17-30-25-11-3-7-21(19-25)27-22-8-4-12-26(20-22)31-18-14-24-10-6-16-29(24)2/h3-4,7-8,11-12,19-20,23-24,27H,5-6,9-10,13-18H2,1-2H3. The average Bonchev–Trinajstić information content (AvgIpc) is 3.37. The Balaban J connectivity index is 1.25. The van der Waals surface area contributed by atoms with Gasteiger partial charge in [-0.15, -0.1) is 0 Å². The molecule has 2 saturated heterocycles. The van der Waals surface area contributed by atoms with Crippen LogP contribution in [0.4, 0.5) is 11.4 Å². The highest BCUT2D eigenvalue weighted by atomic mass is 16.5. The van der Waals surface area contributed by atoms with E-state index in [2.05, 4.69) is 53.5 Å². The van der Waals surface area contributed by atoms with E-state index in [0.717, 1.165) is 48.9 Å². The Morgan fingerprint density at radius 1 is 0.774 bits per heavy atom. The molecule has 2 aliphatic rings. The van der Waals surface area contributed by atoms with E-state index in [-0.39, 0.29) is 0 Å². The second kappa shape index (κ2) is 10.9. The van der Waals surface area contributed by atoms with Crippen LogP contribution in [0.3, 0.4) is 0 Å². The first kappa shape index (κ1) is 22.0. The Morgan fingerprint density at radius 3 is 1.68 bits per heavy atom. The molecule has 0 saturated carbocycles. The summed E-state index contributed by atoms with van der Waals surface area (Å²) in [5.41, 5.74) is 2.06. The lowest BCUT2D eigenvalue weighted by Gasteiger charge is -2.19. The first-order valence-corrected chi connectivity index (χ1v) is 11.8. The third-order valence-corrected chi connectivity index (χ3v) is 6.74. The average molecular weight is 424 g/mol. The largest absolute Gasteiger partial charge is 0.493 e. The molecule has 168 valence electrons. The van der Waals surface area contributed by atoms with Gasteiger partial charge in [0.25, 0.3) is 0 Å². The molecule has 0 aromatic heterocycles. The highest BCUT2D eigenvalue weighted by Gasteiger charge is 2.21. The summed E-state index contributed by atoms with van der Waals surface area (Å²) >= 11 is 0. The van der Waals surface area contributed by atoms with E-state index < -0.39 is 0 Å². The number of anilines is 2. The molecular weight excluding hydrogens is 386 g/mol. The Labute approximate surface area is 187 Å². The van der Waals surface area contributed by atoms with E-state index in [4.69, 9.17) is 9.47 Å². The molecule has 2 unspecified atom stereocenters. The second-order valence-corrected chi connectivity index (χ2v) is 9.01. The maximum Gasteiger partial charge on any atom is 0.121 e. The van der Waals surface area contributed by atoms with Crippen LogP contribution in [0.2, 0.25) is 0 Å². The molecule has 0 radical (unpaired) electrons. The Kier molecular flexibility index (Phi) is 7.71. The van der Waals surface area contributed by atoms with Gasteiger partial charge in [0.05, 0.1) is 13.2 Å². The van der Waals surface area contributed by atoms with Gasteiger partial charge in [0.2, 0.25) is 0 Å². The van der Waals surface area contributed by atoms with Crippen molar-refractivity contribution >= 4 is 11.4 Å². The minimum atomic E-state index is 0.665. The molecule has 1 N–H and O–H groups in total. The summed E-state index contributed by atoms with van der Waals surface area (Å²) in [6, 6.07) is 17.8. The topological polar surface area (TPSA) is 37.0 Å². The number of rotatable bonds is 10. The Morgan fingerprint density at radius 2 is 1.26 bits per heavy atom. The third kappa shape index (κ3) is 6.37. The summed E-state index contributed by atoms with van der Waals surface area (Å²) in [4.78, 5) is 4.89. The van der Waals surface area contributed by atoms with Crippen molar-refractivity contribution < 1.29 is 9.47 Å². The van der Waals surface area contributed by atoms with E-state index in [1.54, 1.807) is 0 Å². The SMILES string of the molecule is CN1CCCC1CCOc1cccc(Nc2cccc(OCCC3CCCN3C)c2)c1. The quantitative estimate of drug-likeness (QED) is 0.571. The van der Waals surface area contributed by atoms with Crippen LogP contribution < -0.4 is 14.8 Å². The van der Waals surface area contributed by atoms with Crippen LogP contribution in [0, 0.1) is 0 Å². The van der Waals surface area contributed by atoms with Crippen LogP contribution in [-0.2, 0) is 0 Å². The molecule has 2 aromatic rings. The lowest BCUT2D eigenvalue weighted by Crippen LogP contribution is -2.26. The number of nitrogens with zero attached hydrogens (tertiary/aromatic N) is 2. The summed E-state index contributed by atoms with van der Waals surface area (Å²) < 4.78 is 12.1. The van der Waals surface area contributed by atoms with Crippen LogP contribution >= 0.6 is 0 Å². The van der Waals surface area contributed by atoms with Crippen LogP contribution in [0.15, 0.2) is 48.5 Å². The number of likely N-dealkylation sites (tertiary alicyclic amines) is 2. The third-order valence-electron chi connectivity index (χ3n) is 6.74. The van der Waals surface area contributed by atoms with Gasteiger partial charge in [-0.2, -0.15) is 0 Å². The van der Waals surface area contributed by atoms with E-state index >= 15 is 0 Å². The molecule has 2 aliphatic heterocycles. The number of ether oxygens (including phenoxy) is 2. The molecule has 2 aromatic carbocycles. The Bertz CT molecular complexity index is 760. The first-order chi connectivity index (χ1) is 15.2. The van der Waals surface area contributed by atoms with Gasteiger partial charge in [-0.3, -0.25) is 0 Å². The molecule has 2 atom stereocenters. The minimum absolute atomic E-state index is 0.665. The van der Waals surface area contributed by atoms with Crippen LogP contribution in [0.5, 0.6) is 11.5 Å². The molecule has 0 bridgehead atoms. The highest BCUT2D eigenvalue weighted by Crippen LogP contribution is 2.26. The van der Waals surface area contributed by atoms with Gasteiger partial charge in [0.1, 0.15) is 11.5 Å². The second-order valence-electron chi connectivity index (χ2n) is 9.01. The molecule has 0 spiro atoms. The molecular formula is C26H37N3O2. The molecule has 4 rings (SSSR count). The van der Waals surface area contributed by atoms with Crippen LogP contribution in [-0.4, -0.2) is 62.3 Å². The van der Waals surface area contributed by atoms with E-state index in [1.807, 2.05) is 24.3 Å². The normalized spacial score (nSPS) is 22.0. The summed E-state index contributed by atoms with van der Waals surface area (Å²) in [5.74, 6) is 1.83. The zero-order valence-corrected chi connectivity index (χ0v) is 19.1. The van der Waals surface area contributed by atoms with Gasteiger partial charge in [0, 0.05) is 35.6 Å². The van der Waals surface area contributed by atoms with Crippen molar-refractivity contribution in [2.75, 3.05) is 45.7 Å². The monoisotopic (exact) mass is 423 g/mol. The summed E-state index contributed by atoms with van der Waals surface area (Å²) in [6.45, 7) is 3.95. The van der Waals surface area contributed by atoms with Crippen LogP contribution in [0.25, 0.3) is 0 Å². The lowest BCUT2D eigenvalue weighted by molar-refractivity contribution is 0.233. The molecule has 31 heavy (non-hydrogen) atoms. The molecule has 0 aliphatic carbocycles. The van der Waals surface area contributed by atoms with E-state index in [0.29, 0.717) is 12.1 Å². The van der Waals surface area contributed by atoms with E-state index in [9.17, 15) is 0 Å². The lowest BCUT2D eigenvalue weighted by atomic mass is 10.1. The Hall–Kier alpha value is -2.24. The van der Waals surface area contributed by atoms with Gasteiger partial charge < -0.3 is 24.6 Å². The van der Waals surface area contributed by atoms with Crippen molar-refractivity contribution in [2.24, 2.45) is 0 Å². The smallest absolute Gasteiger partial charge is 0.121 e. The van der Waals surface area contributed by atoms with Crippen molar-refractivity contribution in [3.05, 3.63) is 48.5 Å². The fraction of sp³-hybridized carbons (Fsp3) is 0.538. The summed E-state index contributed by atoms with van der Waals surface area (Å²) in [6.07, 6.45) is 7.37. The predicted octanol–water partition coefficient (Wildman–Crippen LogP) is 5.16. The van der Waals surface area contributed by atoms with Crippen molar-refractivity contribution in [3.63, 3.8) is 0 Å². The van der Waals surface area contributed by atoms with Crippen molar-refractivity contribution in [3.8, 4) is 11.5 Å². The minimum Gasteiger partial charge on any atom is -0.493 e. The van der Waals surface area contributed by atoms with E-state index in [1.165, 1.54) is 38.8 Å². The molecule has 2 heterocycles. The highest BCUT2D eigenvalue weighted by molar-refractivity contribution is 5.62. The zero-order chi connectivity index (χ0) is 21.5. The van der Waals surface area contributed by atoms with Crippen LogP contribution in [0.1, 0.15) is 38.5 Å². The number of hydrogen-bond donors (Lipinski definition) is 1. The summed E-state index contributed by atoms with van der Waals surface area (Å²) in [7, 11) is 4.43. The maximum atomic E-state index is 6.03. The summed E-state index contributed by atoms with van der Waals surface area (Å²) in [5, 5.41) is 3.49. The van der Waals surface area contributed by atoms with Gasteiger partial charge in [0.15, 0.2) is 0 Å². The molecule has 2 fully saturated rings. The van der Waals surface area contributed by atoms with Gasteiger partial charge in [-0.1, -0.05) is 12.1 Å². The molecule has 0 amide bonds. The zero-order valence-electron chi connectivity index (χ0n) is 19.1. The van der Waals surface area contributed by atoms with Gasteiger partial charge in [-0.25, -0.2) is 0 Å². The number of benzene rings is 2. The fourth-order valence-electron chi connectivity index (χ4n) is 4.81. The van der Waals surface area contributed by atoms with Crippen molar-refractivity contribution in [1.29, 1.82) is 0 Å². The molecule has 5 nitrogen and oxygen atoms in total. The molecule has 5 heteroatoms. The van der Waals surface area contributed by atoms with Gasteiger partial charge in [-0.05, 0) is 90.0 Å². The predicted molar refractivity (Wildman–Crippen MR) is 128 cm³/mol. The van der Waals surface area contributed by atoms with Gasteiger partial charge >= 0.3 is 0 Å².